The molecular formula is C135H114FN5. The lowest BCUT2D eigenvalue weighted by Gasteiger charge is -2.26. The predicted molar refractivity (Wildman–Crippen MR) is 601 cm³/mol. The third-order valence-electron chi connectivity index (χ3n) is 27.8. The van der Waals surface area contributed by atoms with Gasteiger partial charge in [-0.2, -0.15) is 0 Å². The first-order chi connectivity index (χ1) is 69.0. The summed E-state index contributed by atoms with van der Waals surface area (Å²) in [4.78, 5) is 11.2. The van der Waals surface area contributed by atoms with E-state index >= 15 is 0 Å². The van der Waals surface area contributed by atoms with Crippen molar-refractivity contribution in [2.45, 2.75) is 38.5 Å². The molecule has 0 saturated carbocycles. The molecule has 23 rings (SSSR count). The molecule has 2 aliphatic carbocycles. The van der Waals surface area contributed by atoms with Crippen LogP contribution in [0.25, 0.3) is 122 Å². The zero-order valence-corrected chi connectivity index (χ0v) is 81.3. The smallest absolute Gasteiger partial charge is 0.123 e. The molecule has 686 valence electrons. The number of anilines is 10. The summed E-state index contributed by atoms with van der Waals surface area (Å²) >= 11 is 0. The SMILES string of the molecule is CN(c1ccc(-c2ccccc2)cc1)c1ccc(-c2ccccc2)cc1-c1ccccc1.CN(c1ccc(-c2ccccc2)cc1)c1ccccc1-c1ccccc1.CN(c1ccc(F)cc1)c1ccc(-c2ccccc2)cc1-c1ccccc1.CN(c1ccc2c(c1)C(C)(C)c1ccccc1-2)c1ccc2ccccc2c1.CN(c1ccc2c(c1)C(C)(C)c1ccccc1-2)c1ccccc1-c1ccccc1. The van der Waals surface area contributed by atoms with Crippen LogP contribution in [0, 0.1) is 5.82 Å². The van der Waals surface area contributed by atoms with E-state index in [-0.39, 0.29) is 16.6 Å². The van der Waals surface area contributed by atoms with E-state index in [9.17, 15) is 4.39 Å². The molecule has 0 atom stereocenters. The predicted octanol–water partition coefficient (Wildman–Crippen LogP) is 36.5. The van der Waals surface area contributed by atoms with Gasteiger partial charge in [-0.25, -0.2) is 4.39 Å². The highest BCUT2D eigenvalue weighted by Crippen LogP contribution is 2.53. The van der Waals surface area contributed by atoms with Crippen LogP contribution in [0.5, 0.6) is 0 Å². The van der Waals surface area contributed by atoms with E-state index in [1.54, 1.807) is 12.1 Å². The zero-order valence-electron chi connectivity index (χ0n) is 81.3. The second-order valence-electron chi connectivity index (χ2n) is 37.1. The Labute approximate surface area is 831 Å². The first-order valence-electron chi connectivity index (χ1n) is 48.5. The Morgan fingerprint density at radius 3 is 0.752 bits per heavy atom. The highest BCUT2D eigenvalue weighted by Gasteiger charge is 2.37. The second kappa shape index (κ2) is 42.2. The highest BCUT2D eigenvalue weighted by atomic mass is 19.1. The van der Waals surface area contributed by atoms with Crippen molar-refractivity contribution in [2.75, 3.05) is 59.7 Å². The van der Waals surface area contributed by atoms with Crippen molar-refractivity contribution in [1.82, 2.24) is 0 Å². The maximum Gasteiger partial charge on any atom is 0.123 e. The van der Waals surface area contributed by atoms with E-state index in [0.29, 0.717) is 0 Å². The van der Waals surface area contributed by atoms with Gasteiger partial charge in [0.15, 0.2) is 0 Å². The molecule has 0 aliphatic heterocycles. The molecular weight excluding hydrogens is 1710 g/mol. The van der Waals surface area contributed by atoms with Crippen LogP contribution in [0.2, 0.25) is 0 Å². The van der Waals surface area contributed by atoms with Crippen LogP contribution in [0.3, 0.4) is 0 Å². The molecule has 21 aromatic carbocycles. The summed E-state index contributed by atoms with van der Waals surface area (Å²) in [6.45, 7) is 9.33. The molecule has 5 nitrogen and oxygen atoms in total. The number of hydrogen-bond donors (Lipinski definition) is 0. The van der Waals surface area contributed by atoms with Gasteiger partial charge in [0.2, 0.25) is 0 Å². The Hall–Kier alpha value is -17.2. The standard InChI is InChI=1S/C31H25N.C28H25N.C26H23N.C25H20FN.C25H21N/c1-32(29-20-17-26(18-21-29)24-11-5-2-6-12-24)31-22-19-28(25-13-7-3-8-14-25)23-30(31)27-15-9-4-10-16-27;1-28(2)25-15-9-7-14-23(25)24-18-17-21(19-26(24)28)29(3)27-16-10-8-13-22(27)20-11-5-4-6-12-20;1-26(2)24-11-7-6-10-22(24)23-15-14-21(17-25(23)26)27(3)20-13-12-18-8-4-5-9-19(18)16-20;1-27(23-15-13-22(26)14-16-23)25-17-12-21(19-8-4-2-5-9-19)18-24(25)20-10-6-3-7-11-20;1-26(23-18-16-21(17-19-23)20-10-4-2-5-11-20)25-15-9-8-14-24(25)22-12-6-3-7-13-22/h2-23H,1H3;4-19H,1-3H3;4-17H,1-3H3;2-18H,1H3;2-19H,1H3. The van der Waals surface area contributed by atoms with Crippen molar-refractivity contribution in [3.8, 4) is 111 Å². The first kappa shape index (κ1) is 92.9. The molecule has 0 aromatic heterocycles. The third kappa shape index (κ3) is 20.3. The van der Waals surface area contributed by atoms with Gasteiger partial charge in [0.25, 0.3) is 0 Å². The van der Waals surface area contributed by atoms with Gasteiger partial charge in [0.1, 0.15) is 5.82 Å². The number of benzene rings is 21. The van der Waals surface area contributed by atoms with Crippen LogP contribution < -0.4 is 24.5 Å². The van der Waals surface area contributed by atoms with Gasteiger partial charge in [-0.3, -0.25) is 0 Å². The molecule has 0 heterocycles. The summed E-state index contributed by atoms with van der Waals surface area (Å²) in [5.74, 6) is -0.227. The summed E-state index contributed by atoms with van der Waals surface area (Å²) in [5.41, 5.74) is 42.2. The number of hydrogen-bond acceptors (Lipinski definition) is 5. The minimum Gasteiger partial charge on any atom is -0.345 e. The first-order valence-corrected chi connectivity index (χ1v) is 48.5. The molecule has 21 aromatic rings. The van der Waals surface area contributed by atoms with E-state index in [1.807, 2.05) is 37.4 Å². The Bertz CT molecular complexity index is 7810. The van der Waals surface area contributed by atoms with Crippen molar-refractivity contribution in [1.29, 1.82) is 0 Å². The van der Waals surface area contributed by atoms with Crippen LogP contribution in [-0.4, -0.2) is 35.2 Å². The van der Waals surface area contributed by atoms with E-state index in [2.05, 4.69) is 554 Å². The topological polar surface area (TPSA) is 16.2 Å². The Balaban J connectivity index is 0.000000112. The fraction of sp³-hybridized carbons (Fsp3) is 0.0815. The minimum atomic E-state index is -0.227. The number of fused-ring (bicyclic) bond motifs is 7. The number of para-hydroxylation sites is 2. The lowest BCUT2D eigenvalue weighted by molar-refractivity contribution is 0.628. The van der Waals surface area contributed by atoms with E-state index in [4.69, 9.17) is 0 Å². The lowest BCUT2D eigenvalue weighted by Crippen LogP contribution is -2.16. The Morgan fingerprint density at radius 2 is 0.383 bits per heavy atom. The largest absolute Gasteiger partial charge is 0.345 e. The Morgan fingerprint density at radius 1 is 0.149 bits per heavy atom. The molecule has 0 fully saturated rings. The average molecular weight is 1830 g/mol. The minimum absolute atomic E-state index is 0.0156. The molecule has 0 radical (unpaired) electrons. The van der Waals surface area contributed by atoms with Gasteiger partial charge >= 0.3 is 0 Å². The highest BCUT2D eigenvalue weighted by molar-refractivity contribution is 5.93. The second-order valence-corrected chi connectivity index (χ2v) is 37.1. The fourth-order valence-electron chi connectivity index (χ4n) is 19.8. The van der Waals surface area contributed by atoms with Crippen LogP contribution in [0.15, 0.2) is 528 Å². The van der Waals surface area contributed by atoms with Gasteiger partial charge in [-0.05, 0) is 243 Å². The molecule has 2 aliphatic rings. The number of rotatable bonds is 18. The third-order valence-corrected chi connectivity index (χ3v) is 27.8. The maximum atomic E-state index is 13.3. The molecule has 0 N–H and O–H groups in total. The van der Waals surface area contributed by atoms with Crippen molar-refractivity contribution >= 4 is 67.6 Å². The number of halogens is 1. The van der Waals surface area contributed by atoms with Gasteiger partial charge < -0.3 is 24.5 Å². The summed E-state index contributed by atoms with van der Waals surface area (Å²) in [6, 6.07) is 185. The quantitative estimate of drug-likeness (QED) is 0.0848. The van der Waals surface area contributed by atoms with Crippen molar-refractivity contribution < 1.29 is 4.39 Å². The summed E-state index contributed by atoms with van der Waals surface area (Å²) in [7, 11) is 10.6. The van der Waals surface area contributed by atoms with Crippen LogP contribution >= 0.6 is 0 Å². The van der Waals surface area contributed by atoms with Crippen LogP contribution in [0.1, 0.15) is 49.9 Å². The van der Waals surface area contributed by atoms with E-state index < -0.39 is 0 Å². The zero-order chi connectivity index (χ0) is 96.8. The molecule has 0 bridgehead atoms. The fourth-order valence-corrected chi connectivity index (χ4v) is 19.8. The number of nitrogens with zero attached hydrogens (tertiary/aromatic N) is 5. The monoisotopic (exact) mass is 1820 g/mol. The molecule has 0 unspecified atom stereocenters. The summed E-state index contributed by atoms with van der Waals surface area (Å²) in [6.07, 6.45) is 0. The van der Waals surface area contributed by atoms with Crippen LogP contribution in [0.4, 0.5) is 61.3 Å². The van der Waals surface area contributed by atoms with Crippen molar-refractivity contribution in [2.24, 2.45) is 0 Å². The van der Waals surface area contributed by atoms with E-state index in [0.717, 1.165) is 28.2 Å². The maximum absolute atomic E-state index is 13.3. The van der Waals surface area contributed by atoms with Crippen molar-refractivity contribution in [3.05, 3.63) is 556 Å². The van der Waals surface area contributed by atoms with Gasteiger partial charge in [0.05, 0.1) is 0 Å². The molecule has 0 saturated heterocycles. The van der Waals surface area contributed by atoms with Gasteiger partial charge in [0, 0.05) is 125 Å². The van der Waals surface area contributed by atoms with Gasteiger partial charge in [-0.15, -0.1) is 0 Å². The van der Waals surface area contributed by atoms with Crippen LogP contribution in [-0.2, 0) is 10.8 Å². The summed E-state index contributed by atoms with van der Waals surface area (Å²) < 4.78 is 13.3. The normalized spacial score (nSPS) is 11.9. The Kier molecular flexibility index (Phi) is 27.8. The molecule has 141 heavy (non-hydrogen) atoms. The molecule has 0 spiro atoms. The lowest BCUT2D eigenvalue weighted by atomic mass is 9.82. The average Bonchev–Trinajstić information content (AvgIpc) is 1.58. The molecule has 0 amide bonds. The molecule has 6 heteroatoms. The van der Waals surface area contributed by atoms with E-state index in [1.165, 1.54) is 185 Å². The summed E-state index contributed by atoms with van der Waals surface area (Å²) in [5, 5.41) is 2.55. The van der Waals surface area contributed by atoms with Gasteiger partial charge in [-0.1, -0.05) is 434 Å². The van der Waals surface area contributed by atoms with Crippen molar-refractivity contribution in [3.63, 3.8) is 0 Å².